The summed E-state index contributed by atoms with van der Waals surface area (Å²) >= 11 is 11.4. The topological polar surface area (TPSA) is 65.8 Å². The van der Waals surface area contributed by atoms with Gasteiger partial charge in [0, 0.05) is 13.0 Å². The van der Waals surface area contributed by atoms with E-state index in [1.54, 1.807) is 0 Å². The van der Waals surface area contributed by atoms with Crippen molar-refractivity contribution < 1.29 is 4.79 Å². The third-order valence-electron chi connectivity index (χ3n) is 2.06. The lowest BCUT2D eigenvalue weighted by molar-refractivity contribution is 0.0953. The predicted molar refractivity (Wildman–Crippen MR) is 66.1 cm³/mol. The summed E-state index contributed by atoms with van der Waals surface area (Å²) in [5, 5.41) is 11.4. The molecule has 0 spiro atoms. The van der Waals surface area contributed by atoms with Gasteiger partial charge in [-0.25, -0.2) is 4.98 Å². The zero-order valence-electron chi connectivity index (χ0n) is 9.04. The van der Waals surface area contributed by atoms with Gasteiger partial charge in [-0.05, 0) is 25.0 Å². The second-order valence-corrected chi connectivity index (χ2v) is 4.09. The van der Waals surface area contributed by atoms with Gasteiger partial charge in [-0.3, -0.25) is 4.79 Å². The number of nitrogens with zero attached hydrogens (tertiary/aromatic N) is 2. The molecule has 0 saturated heterocycles. The van der Waals surface area contributed by atoms with Crippen molar-refractivity contribution in [3.63, 3.8) is 0 Å². The van der Waals surface area contributed by atoms with E-state index in [9.17, 15) is 4.79 Å². The van der Waals surface area contributed by atoms with Crippen LogP contribution in [0.1, 0.15) is 29.6 Å². The second kappa shape index (κ2) is 7.10. The maximum absolute atomic E-state index is 11.7. The van der Waals surface area contributed by atoms with Crippen LogP contribution in [0.4, 0.5) is 0 Å². The van der Waals surface area contributed by atoms with Gasteiger partial charge in [-0.15, -0.1) is 0 Å². The fraction of sp³-hybridized carbons (Fsp3) is 0.364. The molecule has 0 aromatic carbocycles. The van der Waals surface area contributed by atoms with Gasteiger partial charge >= 0.3 is 0 Å². The highest BCUT2D eigenvalue weighted by molar-refractivity contribution is 6.34. The monoisotopic (exact) mass is 271 g/mol. The van der Waals surface area contributed by atoms with Gasteiger partial charge in [0.05, 0.1) is 11.6 Å². The van der Waals surface area contributed by atoms with Gasteiger partial charge in [0.25, 0.3) is 5.91 Å². The largest absolute Gasteiger partial charge is 0.352 e. The first-order valence-corrected chi connectivity index (χ1v) is 5.88. The van der Waals surface area contributed by atoms with Crippen molar-refractivity contribution in [2.45, 2.75) is 19.3 Å². The molecule has 1 aromatic heterocycles. The Balaban J connectivity index is 2.45. The lowest BCUT2D eigenvalue weighted by Crippen LogP contribution is -2.24. The average molecular weight is 272 g/mol. The lowest BCUT2D eigenvalue weighted by atomic mass is 10.2. The summed E-state index contributed by atoms with van der Waals surface area (Å²) in [6.45, 7) is 0.513. The standard InChI is InChI=1S/C11H11Cl2N3O/c12-9-5-4-8(10(13)16-9)11(17)15-7-3-1-2-6-14/h4-5H,1-3,7H2,(H,15,17). The number of halogens is 2. The molecule has 90 valence electrons. The molecular weight excluding hydrogens is 261 g/mol. The molecule has 0 unspecified atom stereocenters. The molecule has 1 aromatic rings. The number of unbranched alkanes of at least 4 members (excludes halogenated alkanes) is 2. The molecular formula is C11H11Cl2N3O. The average Bonchev–Trinajstić information content (AvgIpc) is 2.28. The number of aromatic nitrogens is 1. The van der Waals surface area contributed by atoms with Crippen molar-refractivity contribution in [1.82, 2.24) is 10.3 Å². The number of nitrogens with one attached hydrogen (secondary N) is 1. The number of nitriles is 1. The summed E-state index contributed by atoms with van der Waals surface area (Å²) in [4.78, 5) is 15.4. The minimum Gasteiger partial charge on any atom is -0.352 e. The summed E-state index contributed by atoms with van der Waals surface area (Å²) in [6, 6.07) is 5.09. The molecule has 1 rings (SSSR count). The Labute approximate surface area is 110 Å². The maximum Gasteiger partial charge on any atom is 0.254 e. The number of hydrogen-bond donors (Lipinski definition) is 1. The Morgan fingerprint density at radius 3 is 2.82 bits per heavy atom. The molecule has 6 heteroatoms. The van der Waals surface area contributed by atoms with E-state index >= 15 is 0 Å². The van der Waals surface area contributed by atoms with Crippen molar-refractivity contribution in [3.8, 4) is 6.07 Å². The van der Waals surface area contributed by atoms with Crippen LogP contribution in [0.25, 0.3) is 0 Å². The Kier molecular flexibility index (Phi) is 5.75. The molecule has 17 heavy (non-hydrogen) atoms. The summed E-state index contributed by atoms with van der Waals surface area (Å²) in [5.41, 5.74) is 0.302. The van der Waals surface area contributed by atoms with Crippen LogP contribution in [0.5, 0.6) is 0 Å². The van der Waals surface area contributed by atoms with E-state index in [4.69, 9.17) is 28.5 Å². The minimum atomic E-state index is -0.281. The molecule has 0 aliphatic rings. The Morgan fingerprint density at radius 1 is 1.41 bits per heavy atom. The van der Waals surface area contributed by atoms with Crippen molar-refractivity contribution in [1.29, 1.82) is 5.26 Å². The van der Waals surface area contributed by atoms with Crippen LogP contribution in [-0.2, 0) is 0 Å². The van der Waals surface area contributed by atoms with Gasteiger partial charge in [-0.1, -0.05) is 23.2 Å². The quantitative estimate of drug-likeness (QED) is 0.662. The summed E-state index contributed by atoms with van der Waals surface area (Å²) in [7, 11) is 0. The first kappa shape index (κ1) is 13.8. The number of carbonyl (C=O) groups excluding carboxylic acids is 1. The van der Waals surface area contributed by atoms with Crippen LogP contribution < -0.4 is 5.32 Å². The van der Waals surface area contributed by atoms with Crippen LogP contribution in [0, 0.1) is 11.3 Å². The number of amides is 1. The molecule has 1 heterocycles. The molecule has 0 fully saturated rings. The number of pyridine rings is 1. The van der Waals surface area contributed by atoms with Crippen LogP contribution in [0.15, 0.2) is 12.1 Å². The molecule has 0 bridgehead atoms. The first-order chi connectivity index (χ1) is 8.15. The van der Waals surface area contributed by atoms with Gasteiger partial charge in [0.1, 0.15) is 10.3 Å². The second-order valence-electron chi connectivity index (χ2n) is 3.34. The number of hydrogen-bond acceptors (Lipinski definition) is 3. The SMILES string of the molecule is N#CCCCCNC(=O)c1ccc(Cl)nc1Cl. The van der Waals surface area contributed by atoms with Gasteiger partial charge in [-0.2, -0.15) is 5.26 Å². The third-order valence-corrected chi connectivity index (χ3v) is 2.56. The highest BCUT2D eigenvalue weighted by Crippen LogP contribution is 2.16. The minimum absolute atomic E-state index is 0.0898. The van der Waals surface area contributed by atoms with E-state index in [0.29, 0.717) is 18.5 Å². The summed E-state index contributed by atoms with van der Waals surface area (Å²) < 4.78 is 0. The predicted octanol–water partition coefficient (Wildman–Crippen LogP) is 2.81. The maximum atomic E-state index is 11.7. The van der Waals surface area contributed by atoms with Crippen LogP contribution in [0.3, 0.4) is 0 Å². The normalized spacial score (nSPS) is 9.71. The molecule has 1 amide bonds. The first-order valence-electron chi connectivity index (χ1n) is 5.12. The highest BCUT2D eigenvalue weighted by Gasteiger charge is 2.10. The van der Waals surface area contributed by atoms with E-state index in [2.05, 4.69) is 10.3 Å². The van der Waals surface area contributed by atoms with E-state index in [1.165, 1.54) is 12.1 Å². The zero-order valence-corrected chi connectivity index (χ0v) is 10.6. The Bertz CT molecular complexity index is 443. The third kappa shape index (κ3) is 4.59. The highest BCUT2D eigenvalue weighted by atomic mass is 35.5. The Morgan fingerprint density at radius 2 is 2.18 bits per heavy atom. The fourth-order valence-corrected chi connectivity index (χ4v) is 1.64. The number of rotatable bonds is 5. The van der Waals surface area contributed by atoms with Gasteiger partial charge < -0.3 is 5.32 Å². The van der Waals surface area contributed by atoms with Crippen molar-refractivity contribution >= 4 is 29.1 Å². The molecule has 4 nitrogen and oxygen atoms in total. The lowest BCUT2D eigenvalue weighted by Gasteiger charge is -2.05. The molecule has 0 radical (unpaired) electrons. The molecule has 1 N–H and O–H groups in total. The zero-order chi connectivity index (χ0) is 12.7. The molecule has 0 saturated carbocycles. The van der Waals surface area contributed by atoms with Crippen LogP contribution in [0.2, 0.25) is 10.3 Å². The summed E-state index contributed by atoms with van der Waals surface area (Å²) in [5.74, 6) is -0.281. The molecule has 0 aliphatic carbocycles. The number of carbonyl (C=O) groups is 1. The summed E-state index contributed by atoms with van der Waals surface area (Å²) in [6.07, 6.45) is 2.03. The smallest absolute Gasteiger partial charge is 0.254 e. The molecule has 0 aliphatic heterocycles. The van der Waals surface area contributed by atoms with Gasteiger partial charge in [0.15, 0.2) is 0 Å². The van der Waals surface area contributed by atoms with Gasteiger partial charge in [0.2, 0.25) is 0 Å². The van der Waals surface area contributed by atoms with Crippen LogP contribution in [-0.4, -0.2) is 17.4 Å². The Hall–Kier alpha value is -1.31. The van der Waals surface area contributed by atoms with Crippen molar-refractivity contribution in [3.05, 3.63) is 28.0 Å². The van der Waals surface area contributed by atoms with E-state index in [1.807, 2.05) is 6.07 Å². The van der Waals surface area contributed by atoms with E-state index < -0.39 is 0 Å². The van der Waals surface area contributed by atoms with Crippen LogP contribution >= 0.6 is 23.2 Å². The van der Waals surface area contributed by atoms with E-state index in [0.717, 1.165) is 12.8 Å². The molecule has 0 atom stereocenters. The fourth-order valence-electron chi connectivity index (χ4n) is 1.21. The van der Waals surface area contributed by atoms with Crippen molar-refractivity contribution in [2.24, 2.45) is 0 Å². The van der Waals surface area contributed by atoms with Crippen molar-refractivity contribution in [2.75, 3.05) is 6.54 Å². The van der Waals surface area contributed by atoms with E-state index in [-0.39, 0.29) is 16.2 Å².